The van der Waals surface area contributed by atoms with E-state index < -0.39 is 23.4 Å². The maximum atomic E-state index is 14.5. The Kier molecular flexibility index (Phi) is 5.19. The van der Waals surface area contributed by atoms with Gasteiger partial charge in [-0.25, -0.2) is 0 Å². The number of rotatable bonds is 5. The molecule has 3 heterocycles. The summed E-state index contributed by atoms with van der Waals surface area (Å²) < 4.78 is 10.8. The number of amides is 1. The molecule has 6 rings (SSSR count). The van der Waals surface area contributed by atoms with Crippen LogP contribution >= 0.6 is 0 Å². The molecule has 0 saturated carbocycles. The van der Waals surface area contributed by atoms with Gasteiger partial charge in [0, 0.05) is 16.9 Å². The normalized spacial score (nSPS) is 24.8. The first-order valence-electron chi connectivity index (χ1n) is 12.2. The average molecular weight is 495 g/mol. The Labute approximate surface area is 214 Å². The van der Waals surface area contributed by atoms with Crippen LogP contribution in [0.15, 0.2) is 72.8 Å². The van der Waals surface area contributed by atoms with Crippen molar-refractivity contribution < 1.29 is 23.9 Å². The molecule has 186 valence electrons. The van der Waals surface area contributed by atoms with Crippen molar-refractivity contribution in [3.8, 4) is 11.5 Å². The number of nitrogens with zero attached hydrogens (tertiary/aromatic N) is 1. The standard InChI is InChI=1S/C30H26N2O5/c1-17(33)27-26(28(34)19-12-14-23(36-2)24(16-19)37-3)30(20-9-5-6-10-21(20)31-29(30)35)25-15-13-18-8-4-7-11-22(18)32(25)27/h4-16,25-27H,1-3H3,(H,31,35). The number of carbonyl (C=O) groups is 3. The van der Waals surface area contributed by atoms with Crippen molar-refractivity contribution >= 4 is 34.9 Å². The fourth-order valence-electron chi connectivity index (χ4n) is 6.44. The SMILES string of the molecule is COc1ccc(C(=O)C2C(C(C)=O)N3c4ccccc4C=CC3C23C(=O)Nc2ccccc23)cc1OC. The lowest BCUT2D eigenvalue weighted by atomic mass is 9.64. The second-order valence-corrected chi connectivity index (χ2v) is 9.61. The molecule has 0 aromatic heterocycles. The number of para-hydroxylation sites is 2. The third-order valence-corrected chi connectivity index (χ3v) is 7.91. The molecule has 0 bridgehead atoms. The van der Waals surface area contributed by atoms with E-state index in [4.69, 9.17) is 9.47 Å². The van der Waals surface area contributed by atoms with Crippen molar-refractivity contribution in [1.82, 2.24) is 0 Å². The number of hydrogen-bond acceptors (Lipinski definition) is 6. The Bertz CT molecular complexity index is 1490. The van der Waals surface area contributed by atoms with Crippen LogP contribution in [0.25, 0.3) is 6.08 Å². The lowest BCUT2D eigenvalue weighted by Crippen LogP contribution is -2.51. The summed E-state index contributed by atoms with van der Waals surface area (Å²) in [6.45, 7) is 1.50. The van der Waals surface area contributed by atoms with Crippen LogP contribution in [-0.4, -0.2) is 43.8 Å². The zero-order valence-corrected chi connectivity index (χ0v) is 20.7. The first-order valence-corrected chi connectivity index (χ1v) is 12.2. The molecule has 3 aliphatic rings. The van der Waals surface area contributed by atoms with Gasteiger partial charge in [-0.3, -0.25) is 14.4 Å². The molecule has 3 aliphatic heterocycles. The van der Waals surface area contributed by atoms with Gasteiger partial charge in [-0.15, -0.1) is 0 Å². The van der Waals surface area contributed by atoms with Crippen LogP contribution in [0.5, 0.6) is 11.5 Å². The van der Waals surface area contributed by atoms with Crippen LogP contribution in [0.1, 0.15) is 28.4 Å². The number of nitrogens with one attached hydrogen (secondary N) is 1. The van der Waals surface area contributed by atoms with Gasteiger partial charge >= 0.3 is 0 Å². The van der Waals surface area contributed by atoms with Crippen molar-refractivity contribution in [1.29, 1.82) is 0 Å². The number of Topliss-reactive ketones (excluding diaryl/α,β-unsaturated/α-hetero) is 2. The highest BCUT2D eigenvalue weighted by atomic mass is 16.5. The first-order chi connectivity index (χ1) is 17.9. The molecule has 1 N–H and O–H groups in total. The molecule has 1 fully saturated rings. The Hall–Kier alpha value is -4.39. The van der Waals surface area contributed by atoms with E-state index in [9.17, 15) is 14.4 Å². The van der Waals surface area contributed by atoms with Gasteiger partial charge in [0.25, 0.3) is 0 Å². The highest BCUT2D eigenvalue weighted by Gasteiger charge is 2.69. The summed E-state index contributed by atoms with van der Waals surface area (Å²) in [5.74, 6) is -0.848. The van der Waals surface area contributed by atoms with Crippen LogP contribution in [0.4, 0.5) is 11.4 Å². The quantitative estimate of drug-likeness (QED) is 0.534. The smallest absolute Gasteiger partial charge is 0.238 e. The Morgan fingerprint density at radius 3 is 2.43 bits per heavy atom. The number of hydrogen-bond donors (Lipinski definition) is 1. The van der Waals surface area contributed by atoms with Crippen LogP contribution in [0.2, 0.25) is 0 Å². The molecule has 4 unspecified atom stereocenters. The number of carbonyl (C=O) groups excluding carboxylic acids is 3. The molecule has 3 aromatic carbocycles. The lowest BCUT2D eigenvalue weighted by Gasteiger charge is -2.37. The summed E-state index contributed by atoms with van der Waals surface area (Å²) in [6.07, 6.45) is 3.94. The number of fused-ring (bicyclic) bond motifs is 6. The van der Waals surface area contributed by atoms with Crippen LogP contribution in [0, 0.1) is 5.92 Å². The summed E-state index contributed by atoms with van der Waals surface area (Å²) in [6, 6.07) is 18.8. The van der Waals surface area contributed by atoms with Crippen molar-refractivity contribution in [2.75, 3.05) is 24.4 Å². The number of anilines is 2. The van der Waals surface area contributed by atoms with E-state index >= 15 is 0 Å². The molecule has 37 heavy (non-hydrogen) atoms. The summed E-state index contributed by atoms with van der Waals surface area (Å²) in [7, 11) is 3.03. The zero-order chi connectivity index (χ0) is 25.9. The van der Waals surface area contributed by atoms with Gasteiger partial charge in [0.05, 0.1) is 32.2 Å². The van der Waals surface area contributed by atoms with Crippen molar-refractivity contribution in [3.05, 3.63) is 89.5 Å². The molecular weight excluding hydrogens is 468 g/mol. The monoisotopic (exact) mass is 494 g/mol. The third kappa shape index (κ3) is 3.03. The molecule has 1 spiro atoms. The Morgan fingerprint density at radius 2 is 1.68 bits per heavy atom. The van der Waals surface area contributed by atoms with Gasteiger partial charge in [0.1, 0.15) is 5.41 Å². The van der Waals surface area contributed by atoms with Crippen molar-refractivity contribution in [2.24, 2.45) is 5.92 Å². The highest BCUT2D eigenvalue weighted by Crippen LogP contribution is 2.57. The maximum Gasteiger partial charge on any atom is 0.238 e. The van der Waals surface area contributed by atoms with Crippen LogP contribution in [0.3, 0.4) is 0 Å². The fraction of sp³-hybridized carbons (Fsp3) is 0.233. The molecule has 7 heteroatoms. The van der Waals surface area contributed by atoms with Crippen LogP contribution in [-0.2, 0) is 15.0 Å². The van der Waals surface area contributed by atoms with E-state index in [0.717, 1.165) is 16.8 Å². The van der Waals surface area contributed by atoms with E-state index in [1.807, 2.05) is 65.6 Å². The maximum absolute atomic E-state index is 14.5. The van der Waals surface area contributed by atoms with E-state index in [-0.39, 0.29) is 17.5 Å². The largest absolute Gasteiger partial charge is 0.493 e. The highest BCUT2D eigenvalue weighted by molar-refractivity contribution is 6.16. The molecule has 3 aromatic rings. The van der Waals surface area contributed by atoms with Gasteiger partial charge in [0.15, 0.2) is 23.1 Å². The van der Waals surface area contributed by atoms with Gasteiger partial charge in [0.2, 0.25) is 5.91 Å². The predicted octanol–water partition coefficient (Wildman–Crippen LogP) is 4.27. The minimum absolute atomic E-state index is 0.178. The summed E-state index contributed by atoms with van der Waals surface area (Å²) in [5, 5.41) is 3.02. The number of benzene rings is 3. The van der Waals surface area contributed by atoms with E-state index in [2.05, 4.69) is 5.32 Å². The second-order valence-electron chi connectivity index (χ2n) is 9.61. The minimum Gasteiger partial charge on any atom is -0.493 e. The van der Waals surface area contributed by atoms with E-state index in [0.29, 0.717) is 22.7 Å². The van der Waals surface area contributed by atoms with E-state index in [1.165, 1.54) is 21.1 Å². The topological polar surface area (TPSA) is 84.9 Å². The molecule has 0 aliphatic carbocycles. The van der Waals surface area contributed by atoms with Gasteiger partial charge in [-0.05, 0) is 48.4 Å². The zero-order valence-electron chi connectivity index (χ0n) is 20.7. The Morgan fingerprint density at radius 1 is 0.946 bits per heavy atom. The molecule has 4 atom stereocenters. The molecule has 7 nitrogen and oxygen atoms in total. The fourth-order valence-corrected chi connectivity index (χ4v) is 6.44. The van der Waals surface area contributed by atoms with Crippen molar-refractivity contribution in [3.63, 3.8) is 0 Å². The van der Waals surface area contributed by atoms with Gasteiger partial charge < -0.3 is 19.7 Å². The predicted molar refractivity (Wildman–Crippen MR) is 140 cm³/mol. The van der Waals surface area contributed by atoms with Gasteiger partial charge in [-0.2, -0.15) is 0 Å². The minimum atomic E-state index is -1.30. The average Bonchev–Trinajstić information content (AvgIpc) is 3.40. The third-order valence-electron chi connectivity index (χ3n) is 7.91. The van der Waals surface area contributed by atoms with Crippen molar-refractivity contribution in [2.45, 2.75) is 24.4 Å². The molecule has 0 radical (unpaired) electrons. The molecule has 1 saturated heterocycles. The number of ketones is 2. The second kappa shape index (κ2) is 8.34. The molecular formula is C30H26N2O5. The number of methoxy groups -OCH3 is 2. The van der Waals surface area contributed by atoms with E-state index in [1.54, 1.807) is 18.2 Å². The lowest BCUT2D eigenvalue weighted by molar-refractivity contribution is -0.122. The summed E-state index contributed by atoms with van der Waals surface area (Å²) in [5.41, 5.74) is 2.19. The first kappa shape index (κ1) is 23.0. The van der Waals surface area contributed by atoms with Gasteiger partial charge in [-0.1, -0.05) is 48.6 Å². The summed E-state index contributed by atoms with van der Waals surface area (Å²) in [4.78, 5) is 44.0. The summed E-state index contributed by atoms with van der Waals surface area (Å²) >= 11 is 0. The number of ether oxygens (including phenoxy) is 2. The van der Waals surface area contributed by atoms with Crippen LogP contribution < -0.4 is 19.7 Å². The molecule has 1 amide bonds. The Balaban J connectivity index is 1.63.